The highest BCUT2D eigenvalue weighted by Crippen LogP contribution is 2.36. The summed E-state index contributed by atoms with van der Waals surface area (Å²) in [4.78, 5) is 48.5. The van der Waals surface area contributed by atoms with E-state index in [0.717, 1.165) is 17.8 Å². The fourth-order valence-electron chi connectivity index (χ4n) is 6.06. The van der Waals surface area contributed by atoms with Gasteiger partial charge in [0.05, 0.1) is 47.0 Å². The molecule has 59 heavy (non-hydrogen) atoms. The van der Waals surface area contributed by atoms with Gasteiger partial charge in [-0.2, -0.15) is 0 Å². The average Bonchev–Trinajstić information content (AvgIpc) is 3.79. The molecule has 1 atom stereocenters. The van der Waals surface area contributed by atoms with Crippen molar-refractivity contribution in [3.63, 3.8) is 0 Å². The maximum atomic E-state index is 13.6. The first-order valence-electron chi connectivity index (χ1n) is 19.9. The molecule has 2 N–H and O–H groups in total. The Kier molecular flexibility index (Phi) is 14.2. The van der Waals surface area contributed by atoms with Gasteiger partial charge in [-0.25, -0.2) is 24.3 Å². The molecule has 5 aromatic rings. The van der Waals surface area contributed by atoms with Gasteiger partial charge in [-0.15, -0.1) is 0 Å². The molecule has 13 nitrogen and oxygen atoms in total. The summed E-state index contributed by atoms with van der Waals surface area (Å²) < 4.78 is 29.5. The van der Waals surface area contributed by atoms with Gasteiger partial charge in [0.25, 0.3) is 11.8 Å². The number of ether oxygens (including phenoxy) is 2. The van der Waals surface area contributed by atoms with Crippen molar-refractivity contribution in [2.24, 2.45) is 0 Å². The molecule has 5 aromatic heterocycles. The second kappa shape index (κ2) is 18.2. The van der Waals surface area contributed by atoms with E-state index >= 15 is 0 Å². The summed E-state index contributed by atoms with van der Waals surface area (Å²) >= 11 is 3.33. The number of hydrogen-bond acceptors (Lipinski definition) is 9. The van der Waals surface area contributed by atoms with E-state index in [0.29, 0.717) is 76.1 Å². The van der Waals surface area contributed by atoms with Crippen molar-refractivity contribution in [1.82, 2.24) is 44.5 Å². The molecule has 2 amide bonds. The number of nitrogens with one attached hydrogen (secondary N) is 2. The van der Waals surface area contributed by atoms with Gasteiger partial charge in [0.15, 0.2) is 5.65 Å². The van der Waals surface area contributed by atoms with Gasteiger partial charge in [-0.1, -0.05) is 45.4 Å². The van der Waals surface area contributed by atoms with E-state index in [2.05, 4.69) is 85.8 Å². The van der Waals surface area contributed by atoms with Crippen LogP contribution in [0.1, 0.15) is 69.2 Å². The molecule has 5 heterocycles. The quantitative estimate of drug-likeness (QED) is 0.0874. The maximum Gasteiger partial charge on any atom is 0.255 e. The number of imidazole rings is 1. The summed E-state index contributed by atoms with van der Waals surface area (Å²) in [6, 6.07) is 5.22. The van der Waals surface area contributed by atoms with Crippen LogP contribution in [0.25, 0.3) is 33.6 Å². The summed E-state index contributed by atoms with van der Waals surface area (Å²) in [6.07, 6.45) is 9.88. The molecule has 0 saturated heterocycles. The lowest BCUT2D eigenvalue weighted by Crippen LogP contribution is -2.40. The first-order valence-corrected chi connectivity index (χ1v) is 28.1. The SMILES string of the molecule is CC(C)(C)NC(=O)C1=CC(COCC[Si](C)(C)C)c2ncc(-c3ncn4cc(F)ccc34)nc21.CC(C)(C)NC(=O)c1cn(COCC[Si](C)(C)C)c2ncc(Br)nc12. The molecule has 0 aromatic carbocycles. The highest BCUT2D eigenvalue weighted by Gasteiger charge is 2.33. The van der Waals surface area contributed by atoms with E-state index in [1.54, 1.807) is 35.4 Å². The number of halogens is 2. The number of pyridine rings is 1. The second-order valence-corrected chi connectivity index (χ2v) is 31.5. The number of nitrogens with zero attached hydrogens (tertiary/aromatic N) is 7. The van der Waals surface area contributed by atoms with Crippen LogP contribution in [0.5, 0.6) is 0 Å². The van der Waals surface area contributed by atoms with Gasteiger partial charge in [0.1, 0.15) is 40.4 Å². The van der Waals surface area contributed by atoms with Crippen LogP contribution in [0.2, 0.25) is 51.4 Å². The zero-order valence-corrected chi connectivity index (χ0v) is 40.0. The van der Waals surface area contributed by atoms with Crippen molar-refractivity contribution in [2.75, 3.05) is 19.8 Å². The fraction of sp³-hybridized carbons (Fsp3) is 0.500. The zero-order chi connectivity index (χ0) is 43.5. The van der Waals surface area contributed by atoms with Crippen LogP contribution in [0.15, 0.2) is 53.9 Å². The summed E-state index contributed by atoms with van der Waals surface area (Å²) in [5.41, 5.74) is 4.61. The van der Waals surface area contributed by atoms with E-state index in [9.17, 15) is 14.0 Å². The Morgan fingerprint density at radius 3 is 2.12 bits per heavy atom. The molecule has 0 fully saturated rings. The van der Waals surface area contributed by atoms with Crippen LogP contribution >= 0.6 is 15.9 Å². The molecule has 0 aliphatic heterocycles. The Morgan fingerprint density at radius 1 is 0.831 bits per heavy atom. The third-order valence-electron chi connectivity index (χ3n) is 9.04. The van der Waals surface area contributed by atoms with Gasteiger partial charge in [0, 0.05) is 58.8 Å². The Labute approximate surface area is 357 Å². The number of fused-ring (bicyclic) bond motifs is 3. The van der Waals surface area contributed by atoms with Crippen LogP contribution < -0.4 is 10.6 Å². The molecule has 318 valence electrons. The largest absolute Gasteiger partial charge is 0.381 e. The lowest BCUT2D eigenvalue weighted by molar-refractivity contribution is -0.116. The molecule has 0 spiro atoms. The Bertz CT molecular complexity index is 2340. The minimum absolute atomic E-state index is 0.147. The Balaban J connectivity index is 0.000000236. The highest BCUT2D eigenvalue weighted by molar-refractivity contribution is 9.10. The number of carbonyl (C=O) groups is 2. The van der Waals surface area contributed by atoms with E-state index in [4.69, 9.17) is 14.5 Å². The molecule has 1 aliphatic rings. The van der Waals surface area contributed by atoms with Crippen LogP contribution in [0.4, 0.5) is 4.39 Å². The average molecular weight is 909 g/mol. The standard InChI is InChI=1S/C25H32FN5O2Si.C17H27BrN4O2Si/c1-25(2,3)30-24(32)18-11-16(14-33-9-10-34(4,5)6)21-22(18)29-19(12-27-21)23-20-8-7-17(26)13-31(20)15-28-23;1-17(2,3)21-16(23)12-10-22(11-24-7-8-25(4,5)6)15-14(12)20-13(18)9-19-15/h7-8,11-13,15-16H,9-10,14H2,1-6H3,(H,30,32);9-10H,7-8,11H2,1-6H3,(H,21,23). The normalized spacial score (nSPS) is 14.5. The maximum absolute atomic E-state index is 13.6. The minimum atomic E-state index is -1.19. The predicted octanol–water partition coefficient (Wildman–Crippen LogP) is 8.71. The minimum Gasteiger partial charge on any atom is -0.381 e. The topological polar surface area (TPSA) is 150 Å². The summed E-state index contributed by atoms with van der Waals surface area (Å²) in [5, 5.41) is 6.01. The van der Waals surface area contributed by atoms with E-state index in [-0.39, 0.29) is 34.6 Å². The predicted molar refractivity (Wildman–Crippen MR) is 240 cm³/mol. The lowest BCUT2D eigenvalue weighted by atomic mass is 10.1. The van der Waals surface area contributed by atoms with Gasteiger partial charge < -0.3 is 29.1 Å². The summed E-state index contributed by atoms with van der Waals surface area (Å²) in [7, 11) is -2.32. The molecule has 1 aliphatic carbocycles. The molecule has 0 bridgehead atoms. The molecular weight excluding hydrogens is 850 g/mol. The monoisotopic (exact) mass is 907 g/mol. The van der Waals surface area contributed by atoms with Crippen molar-refractivity contribution < 1.29 is 23.5 Å². The first-order chi connectivity index (χ1) is 27.4. The molecule has 0 saturated carbocycles. The molecule has 1 unspecified atom stereocenters. The van der Waals surface area contributed by atoms with Gasteiger partial charge in [-0.05, 0) is 81.7 Å². The number of amides is 2. The number of aromatic nitrogens is 7. The highest BCUT2D eigenvalue weighted by atomic mass is 79.9. The second-order valence-electron chi connectivity index (χ2n) is 19.4. The van der Waals surface area contributed by atoms with E-state index < -0.39 is 16.1 Å². The molecular formula is C42H59BrFN9O4Si2. The fourth-order valence-corrected chi connectivity index (χ4v) is 7.86. The van der Waals surface area contributed by atoms with Gasteiger partial charge in [0.2, 0.25) is 0 Å². The van der Waals surface area contributed by atoms with Crippen molar-refractivity contribution in [2.45, 2.75) is 117 Å². The number of hydrogen-bond donors (Lipinski definition) is 2. The number of carbonyl (C=O) groups excluding carboxylic acids is 2. The molecule has 17 heteroatoms. The lowest BCUT2D eigenvalue weighted by Gasteiger charge is -2.21. The van der Waals surface area contributed by atoms with Gasteiger partial charge >= 0.3 is 0 Å². The van der Waals surface area contributed by atoms with Crippen LogP contribution in [0.3, 0.4) is 0 Å². The zero-order valence-electron chi connectivity index (χ0n) is 36.5. The van der Waals surface area contributed by atoms with Crippen LogP contribution in [-0.4, -0.2) is 92.7 Å². The molecule has 0 radical (unpaired) electrons. The number of rotatable bonds is 13. The summed E-state index contributed by atoms with van der Waals surface area (Å²) in [5.74, 6) is -0.850. The summed E-state index contributed by atoms with van der Waals surface area (Å²) in [6.45, 7) is 27.8. The third kappa shape index (κ3) is 12.9. The van der Waals surface area contributed by atoms with Crippen molar-refractivity contribution in [1.29, 1.82) is 0 Å². The Morgan fingerprint density at radius 2 is 1.47 bits per heavy atom. The van der Waals surface area contributed by atoms with Crippen LogP contribution in [-0.2, 0) is 21.0 Å². The Hall–Kier alpha value is -4.17. The van der Waals surface area contributed by atoms with Crippen molar-refractivity contribution in [3.8, 4) is 11.4 Å². The van der Waals surface area contributed by atoms with E-state index in [1.165, 1.54) is 12.3 Å². The van der Waals surface area contributed by atoms with Crippen molar-refractivity contribution in [3.05, 3.63) is 76.7 Å². The smallest absolute Gasteiger partial charge is 0.255 e. The van der Waals surface area contributed by atoms with E-state index in [1.807, 2.05) is 52.2 Å². The third-order valence-corrected chi connectivity index (χ3v) is 12.8. The van der Waals surface area contributed by atoms with Gasteiger partial charge in [-0.3, -0.25) is 14.6 Å². The molecule has 6 rings (SSSR count). The van der Waals surface area contributed by atoms with Crippen molar-refractivity contribution >= 4 is 66.1 Å². The first kappa shape index (κ1) is 45.9. The van der Waals surface area contributed by atoms with Crippen LogP contribution in [0, 0.1) is 5.82 Å².